The molecule has 0 radical (unpaired) electrons. The fourth-order valence-corrected chi connectivity index (χ4v) is 6.95. The summed E-state index contributed by atoms with van der Waals surface area (Å²) in [7, 11) is 1.55. The van der Waals surface area contributed by atoms with E-state index in [2.05, 4.69) is 25.4 Å². The molecule has 1 fully saturated rings. The van der Waals surface area contributed by atoms with E-state index < -0.39 is 36.1 Å². The molecule has 48 heavy (non-hydrogen) atoms. The van der Waals surface area contributed by atoms with E-state index >= 15 is 0 Å². The molecule has 0 saturated carbocycles. The minimum atomic E-state index is -1.28. The van der Waals surface area contributed by atoms with Gasteiger partial charge in [-0.05, 0) is 23.3 Å². The molecule has 4 aliphatic heterocycles. The third kappa shape index (κ3) is 6.52. The maximum Gasteiger partial charge on any atom is 0.355 e. The molecule has 1 saturated heterocycles. The van der Waals surface area contributed by atoms with Crippen molar-refractivity contribution in [3.63, 3.8) is 0 Å². The summed E-state index contributed by atoms with van der Waals surface area (Å²) >= 11 is 2.41. The van der Waals surface area contributed by atoms with Gasteiger partial charge < -0.3 is 31.1 Å². The van der Waals surface area contributed by atoms with Crippen LogP contribution in [0.5, 0.6) is 5.75 Å². The Morgan fingerprint density at radius 3 is 2.77 bits per heavy atom. The van der Waals surface area contributed by atoms with E-state index in [4.69, 9.17) is 20.9 Å². The van der Waals surface area contributed by atoms with Crippen LogP contribution < -0.4 is 26.2 Å². The fraction of sp³-hybridized carbons (Fsp3) is 0.233. The van der Waals surface area contributed by atoms with Gasteiger partial charge in [-0.25, -0.2) is 14.2 Å². The van der Waals surface area contributed by atoms with Gasteiger partial charge in [-0.1, -0.05) is 29.4 Å². The molecule has 0 spiro atoms. The van der Waals surface area contributed by atoms with Crippen LogP contribution in [0.25, 0.3) is 5.82 Å². The van der Waals surface area contributed by atoms with Crippen LogP contribution in [0.1, 0.15) is 11.3 Å². The second kappa shape index (κ2) is 14.1. The van der Waals surface area contributed by atoms with Crippen LogP contribution in [0.15, 0.2) is 82.7 Å². The molecule has 1 aromatic carbocycles. The molecule has 5 N–H and O–H groups in total. The van der Waals surface area contributed by atoms with E-state index in [1.165, 1.54) is 22.0 Å². The number of allylic oxidation sites excluding steroid dienone is 2. The summed E-state index contributed by atoms with van der Waals surface area (Å²) in [5.74, 6) is 0.162. The topological polar surface area (TPSA) is 193 Å². The first-order valence-electron chi connectivity index (χ1n) is 14.3. The molecular formula is C30H29FN9O6S2+. The number of ether oxygens (including phenoxy) is 2. The Balaban J connectivity index is 1.23. The molecule has 5 heterocycles. The molecule has 2 atom stereocenters. The number of nitrogens with two attached hydrogens (primary N) is 2. The molecule has 18 heteroatoms. The standard InChI is InChI=1S/C30H28FN9O6S2/c1-44-19-6-4-17(5-7-19)13-45-29(43)25-18(3-2-11-38-12-9-21(32)40-22(38)8-10-34-40)14-47-28-24(27(42)39(25)28)36-26(41)23(37-46-16-31)20-15-48-30(33)35-20/h2-10,12,15,24,28,32H,11,13-14,16H2,1H3,(H3,33,35,36,41)/p+1/b3-2+,37-23+/t24-,28-/m1/s1. The molecule has 6 rings (SSSR count). The number of β-lactam (4-membered cyclic amide) rings is 1. The first-order valence-corrected chi connectivity index (χ1v) is 16.3. The van der Waals surface area contributed by atoms with Gasteiger partial charge in [-0.2, -0.15) is 0 Å². The number of rotatable bonds is 12. The zero-order valence-electron chi connectivity index (χ0n) is 25.3. The zero-order valence-corrected chi connectivity index (χ0v) is 26.9. The molecule has 4 aliphatic rings. The van der Waals surface area contributed by atoms with Crippen molar-refractivity contribution in [3.8, 4) is 11.6 Å². The predicted octanol–water partition coefficient (Wildman–Crippen LogP) is 1.53. The lowest BCUT2D eigenvalue weighted by molar-refractivity contribution is -0.646. The minimum Gasteiger partial charge on any atom is -0.497 e. The summed E-state index contributed by atoms with van der Waals surface area (Å²) in [6.07, 6.45) is 7.09. The zero-order chi connectivity index (χ0) is 33.8. The van der Waals surface area contributed by atoms with Crippen molar-refractivity contribution < 1.29 is 37.8 Å². The number of hydrogen-bond donors (Lipinski definition) is 3. The molecule has 1 aromatic heterocycles. The Morgan fingerprint density at radius 1 is 1.23 bits per heavy atom. The van der Waals surface area contributed by atoms with Crippen LogP contribution in [0.4, 0.5) is 15.3 Å². The fourth-order valence-electron chi connectivity index (χ4n) is 5.09. The average Bonchev–Trinajstić information content (AvgIpc) is 3.77. The summed E-state index contributed by atoms with van der Waals surface area (Å²) < 4.78 is 27.1. The highest BCUT2D eigenvalue weighted by atomic mass is 32.2. The van der Waals surface area contributed by atoms with E-state index in [0.29, 0.717) is 29.4 Å². The Labute approximate surface area is 281 Å². The van der Waals surface area contributed by atoms with Crippen molar-refractivity contribution in [3.05, 3.63) is 88.9 Å². The van der Waals surface area contributed by atoms with Crippen LogP contribution in [0, 0.1) is 0 Å². The Bertz CT molecular complexity index is 1910. The number of thiazole rings is 1. The maximum absolute atomic E-state index is 13.6. The number of aromatic nitrogens is 4. The van der Waals surface area contributed by atoms with Crippen LogP contribution >= 0.6 is 23.1 Å². The van der Waals surface area contributed by atoms with Gasteiger partial charge in [0.05, 0.1) is 26.0 Å². The van der Waals surface area contributed by atoms with Gasteiger partial charge in [0.1, 0.15) is 35.2 Å². The number of fused-ring (bicyclic) bond motifs is 2. The number of benzene rings is 1. The lowest BCUT2D eigenvalue weighted by Gasteiger charge is -2.49. The van der Waals surface area contributed by atoms with Gasteiger partial charge in [0, 0.05) is 23.3 Å². The largest absolute Gasteiger partial charge is 0.497 e. The molecule has 0 bridgehead atoms. The number of nitrogens with one attached hydrogen (secondary N) is 1. The van der Waals surface area contributed by atoms with Crippen LogP contribution in [0.3, 0.4) is 0 Å². The number of esters is 1. The summed E-state index contributed by atoms with van der Waals surface area (Å²) in [5, 5.41) is 11.4. The molecule has 2 aromatic rings. The SMILES string of the molecule is COc1ccc(COC(=O)C2=C(/C=C/Cn3ccc(N)[n+]4nccc3-4)CS[C@@H]3[C@H](NC(=O)/C(=N/OCF)c4csc(N)n4)C(=O)N23)cc1. The quantitative estimate of drug-likeness (QED) is 0.0640. The number of methoxy groups -OCH3 is 1. The molecular weight excluding hydrogens is 666 g/mol. The summed E-state index contributed by atoms with van der Waals surface area (Å²) in [4.78, 5) is 50.2. The number of carbonyl (C=O) groups excluding carboxylic acids is 3. The summed E-state index contributed by atoms with van der Waals surface area (Å²) in [5.41, 5.74) is 12.8. The van der Waals surface area contributed by atoms with E-state index in [0.717, 1.165) is 22.7 Å². The number of alkyl halides is 1. The second-order valence-electron chi connectivity index (χ2n) is 10.3. The molecule has 248 valence electrons. The van der Waals surface area contributed by atoms with Crippen molar-refractivity contribution in [2.45, 2.75) is 24.6 Å². The second-order valence-corrected chi connectivity index (χ2v) is 12.3. The highest BCUT2D eigenvalue weighted by Crippen LogP contribution is 2.41. The van der Waals surface area contributed by atoms with Gasteiger partial charge >= 0.3 is 5.97 Å². The summed E-state index contributed by atoms with van der Waals surface area (Å²) in [6.45, 7) is -0.911. The number of thioether (sulfide) groups is 1. The Kier molecular flexibility index (Phi) is 9.53. The third-order valence-corrected chi connectivity index (χ3v) is 9.38. The van der Waals surface area contributed by atoms with Crippen molar-refractivity contribution in [1.82, 2.24) is 24.9 Å². The van der Waals surface area contributed by atoms with Gasteiger partial charge in [0.25, 0.3) is 24.5 Å². The van der Waals surface area contributed by atoms with Gasteiger partial charge in [0.2, 0.25) is 5.82 Å². The van der Waals surface area contributed by atoms with Gasteiger partial charge in [-0.3, -0.25) is 19.1 Å². The smallest absolute Gasteiger partial charge is 0.355 e. The third-order valence-electron chi connectivity index (χ3n) is 7.40. The van der Waals surface area contributed by atoms with E-state index in [1.54, 1.807) is 54.4 Å². The van der Waals surface area contributed by atoms with E-state index in [-0.39, 0.29) is 28.8 Å². The number of hydrogen-bond acceptors (Lipinski definition) is 13. The van der Waals surface area contributed by atoms with Crippen LogP contribution in [0.2, 0.25) is 0 Å². The number of anilines is 2. The monoisotopic (exact) mass is 694 g/mol. The molecule has 0 unspecified atom stereocenters. The lowest BCUT2D eigenvalue weighted by Crippen LogP contribution is -2.71. The normalized spacial score (nSPS) is 17.8. The minimum absolute atomic E-state index is 0.0466. The number of halogens is 1. The number of oxime groups is 1. The predicted molar refractivity (Wildman–Crippen MR) is 173 cm³/mol. The van der Waals surface area contributed by atoms with E-state index in [9.17, 15) is 18.8 Å². The number of amides is 2. The molecule has 0 aliphatic carbocycles. The number of carbonyl (C=O) groups is 3. The van der Waals surface area contributed by atoms with Gasteiger partial charge in [0.15, 0.2) is 10.8 Å². The lowest BCUT2D eigenvalue weighted by atomic mass is 10.0. The Hall–Kier alpha value is -5.49. The summed E-state index contributed by atoms with van der Waals surface area (Å²) in [6, 6.07) is 9.56. The highest BCUT2D eigenvalue weighted by Gasteiger charge is 2.54. The van der Waals surface area contributed by atoms with Crippen LogP contribution in [-0.2, 0) is 37.1 Å². The molecule has 15 nitrogen and oxygen atoms in total. The number of nitrogens with zero attached hydrogens (tertiary/aromatic N) is 6. The highest BCUT2D eigenvalue weighted by molar-refractivity contribution is 8.00. The van der Waals surface area contributed by atoms with Crippen molar-refractivity contribution in [2.24, 2.45) is 5.16 Å². The van der Waals surface area contributed by atoms with Crippen molar-refractivity contribution in [1.29, 1.82) is 0 Å². The average molecular weight is 695 g/mol. The Morgan fingerprint density at radius 2 is 2.04 bits per heavy atom. The van der Waals surface area contributed by atoms with Crippen LogP contribution in [-0.4, -0.2) is 74.2 Å². The molecule has 2 amide bonds. The number of nitrogen functional groups attached to an aromatic ring is 2. The van der Waals surface area contributed by atoms with Gasteiger partial charge in [-0.15, -0.1) is 32.9 Å². The van der Waals surface area contributed by atoms with E-state index in [1.807, 2.05) is 22.9 Å². The van der Waals surface area contributed by atoms with Crippen molar-refractivity contribution in [2.75, 3.05) is 31.2 Å². The first kappa shape index (κ1) is 32.5. The first-order chi connectivity index (χ1) is 23.3. The van der Waals surface area contributed by atoms with Crippen molar-refractivity contribution >= 4 is 57.5 Å². The maximum atomic E-state index is 13.6.